The first-order chi connectivity index (χ1) is 7.13. The molecule has 0 atom stereocenters. The summed E-state index contributed by atoms with van der Waals surface area (Å²) in [7, 11) is 1.60. The fourth-order valence-corrected chi connectivity index (χ4v) is 1.59. The Hall–Kier alpha value is -1.22. The van der Waals surface area contributed by atoms with Gasteiger partial charge in [-0.15, -0.1) is 11.8 Å². The van der Waals surface area contributed by atoms with E-state index in [0.717, 1.165) is 10.7 Å². The fourth-order valence-electron chi connectivity index (χ4n) is 1.05. The van der Waals surface area contributed by atoms with Gasteiger partial charge in [-0.3, -0.25) is 4.79 Å². The summed E-state index contributed by atoms with van der Waals surface area (Å²) in [6, 6.07) is 7.14. The van der Waals surface area contributed by atoms with Crippen LogP contribution >= 0.6 is 11.8 Å². The van der Waals surface area contributed by atoms with Gasteiger partial charge in [0.2, 0.25) is 0 Å². The number of Topliss-reactive ketones (excluding diaryl/α,β-unsaturated/α-hetero) is 1. The number of thioether (sulfide) groups is 1. The molecule has 1 aromatic carbocycles. The predicted octanol–water partition coefficient (Wildman–Crippen LogP) is 3.14. The number of carbonyl (C=O) groups is 1. The van der Waals surface area contributed by atoms with Gasteiger partial charge in [0.15, 0.2) is 5.78 Å². The minimum Gasteiger partial charge on any atom is -0.497 e. The monoisotopic (exact) mass is 222 g/mol. The van der Waals surface area contributed by atoms with Crippen LogP contribution in [-0.4, -0.2) is 18.6 Å². The van der Waals surface area contributed by atoms with Crippen molar-refractivity contribution >= 4 is 17.5 Å². The van der Waals surface area contributed by atoms with Crippen LogP contribution in [0.3, 0.4) is 0 Å². The smallest absolute Gasteiger partial charge is 0.173 e. The molecule has 0 fully saturated rings. The number of rotatable bonds is 5. The van der Waals surface area contributed by atoms with Gasteiger partial charge in [-0.2, -0.15) is 0 Å². The van der Waals surface area contributed by atoms with Crippen molar-refractivity contribution in [2.24, 2.45) is 0 Å². The molecule has 0 aliphatic heterocycles. The van der Waals surface area contributed by atoms with Crippen molar-refractivity contribution in [3.8, 4) is 5.75 Å². The van der Waals surface area contributed by atoms with E-state index in [1.54, 1.807) is 31.4 Å². The third-order valence-corrected chi connectivity index (χ3v) is 2.76. The summed E-state index contributed by atoms with van der Waals surface area (Å²) in [6.07, 6.45) is 0. The number of hydrogen-bond acceptors (Lipinski definition) is 3. The van der Waals surface area contributed by atoms with Gasteiger partial charge in [0.25, 0.3) is 0 Å². The normalized spacial score (nSPS) is 9.73. The van der Waals surface area contributed by atoms with Crippen molar-refractivity contribution in [3.63, 3.8) is 0 Å². The summed E-state index contributed by atoms with van der Waals surface area (Å²) in [5, 5.41) is 0. The number of allylic oxidation sites excluding steroid dienone is 1. The van der Waals surface area contributed by atoms with Crippen molar-refractivity contribution in [2.45, 2.75) is 6.92 Å². The van der Waals surface area contributed by atoms with Gasteiger partial charge >= 0.3 is 0 Å². The van der Waals surface area contributed by atoms with Gasteiger partial charge < -0.3 is 4.74 Å². The Labute approximate surface area is 94.3 Å². The molecule has 1 aromatic rings. The van der Waals surface area contributed by atoms with E-state index in [-0.39, 0.29) is 5.78 Å². The molecule has 0 unspecified atom stereocenters. The van der Waals surface area contributed by atoms with Crippen LogP contribution in [0.5, 0.6) is 5.75 Å². The number of hydrogen-bond donors (Lipinski definition) is 0. The lowest BCUT2D eigenvalue weighted by molar-refractivity contribution is 0.102. The maximum atomic E-state index is 11.6. The first-order valence-corrected chi connectivity index (χ1v) is 5.57. The molecule has 0 spiro atoms. The number of carbonyl (C=O) groups excluding carboxylic acids is 1. The molecule has 0 heterocycles. The second-order valence-electron chi connectivity index (χ2n) is 3.14. The average molecular weight is 222 g/mol. The van der Waals surface area contributed by atoms with E-state index in [9.17, 15) is 4.79 Å². The van der Waals surface area contributed by atoms with Crippen molar-refractivity contribution < 1.29 is 9.53 Å². The van der Waals surface area contributed by atoms with E-state index in [1.165, 1.54) is 11.8 Å². The number of ketones is 1. The fraction of sp³-hybridized carbons (Fsp3) is 0.250. The van der Waals surface area contributed by atoms with Crippen LogP contribution in [0.1, 0.15) is 17.3 Å². The summed E-state index contributed by atoms with van der Waals surface area (Å²) >= 11 is 1.47. The average Bonchev–Trinajstić information content (AvgIpc) is 2.26. The van der Waals surface area contributed by atoms with E-state index >= 15 is 0 Å². The van der Waals surface area contributed by atoms with E-state index in [1.807, 2.05) is 6.92 Å². The summed E-state index contributed by atoms with van der Waals surface area (Å²) < 4.78 is 5.02. The van der Waals surface area contributed by atoms with Gasteiger partial charge in [-0.05, 0) is 36.1 Å². The maximum absolute atomic E-state index is 11.6. The lowest BCUT2D eigenvalue weighted by Crippen LogP contribution is -2.01. The van der Waals surface area contributed by atoms with E-state index in [2.05, 4.69) is 6.58 Å². The molecule has 0 saturated heterocycles. The van der Waals surface area contributed by atoms with Crippen LogP contribution in [0.15, 0.2) is 35.7 Å². The van der Waals surface area contributed by atoms with Crippen LogP contribution in [0, 0.1) is 0 Å². The van der Waals surface area contributed by atoms with Gasteiger partial charge in [0.05, 0.1) is 12.9 Å². The lowest BCUT2D eigenvalue weighted by atomic mass is 10.1. The molecule has 3 heteroatoms. The van der Waals surface area contributed by atoms with Gasteiger partial charge in [0, 0.05) is 5.56 Å². The van der Waals surface area contributed by atoms with E-state index < -0.39 is 0 Å². The van der Waals surface area contributed by atoms with Gasteiger partial charge in [0.1, 0.15) is 5.75 Å². The highest BCUT2D eigenvalue weighted by atomic mass is 32.2. The highest BCUT2D eigenvalue weighted by Crippen LogP contribution is 2.16. The zero-order valence-corrected chi connectivity index (χ0v) is 9.76. The topological polar surface area (TPSA) is 26.3 Å². The SMILES string of the molecule is C=C(C)SCC(=O)c1ccc(OC)cc1. The molecule has 15 heavy (non-hydrogen) atoms. The van der Waals surface area contributed by atoms with Crippen LogP contribution in [0.25, 0.3) is 0 Å². The zero-order chi connectivity index (χ0) is 11.3. The van der Waals surface area contributed by atoms with Crippen LogP contribution in [-0.2, 0) is 0 Å². The first kappa shape index (κ1) is 11.9. The van der Waals surface area contributed by atoms with Crippen LogP contribution < -0.4 is 4.74 Å². The minimum absolute atomic E-state index is 0.116. The number of methoxy groups -OCH3 is 1. The number of ether oxygens (including phenoxy) is 1. The standard InChI is InChI=1S/C12H14O2S/c1-9(2)15-8-12(13)10-4-6-11(14-3)7-5-10/h4-7H,1,8H2,2-3H3. The highest BCUT2D eigenvalue weighted by Gasteiger charge is 2.05. The second-order valence-corrected chi connectivity index (χ2v) is 4.42. The molecule has 0 saturated carbocycles. The molecule has 0 bridgehead atoms. The molecule has 1 rings (SSSR count). The second kappa shape index (κ2) is 5.61. The van der Waals surface area contributed by atoms with Crippen molar-refractivity contribution in [1.82, 2.24) is 0 Å². The third-order valence-electron chi connectivity index (χ3n) is 1.86. The molecular weight excluding hydrogens is 208 g/mol. The molecule has 80 valence electrons. The summed E-state index contributed by atoms with van der Waals surface area (Å²) in [5.74, 6) is 1.33. The Kier molecular flexibility index (Phi) is 4.43. The van der Waals surface area contributed by atoms with E-state index in [4.69, 9.17) is 4.74 Å². The van der Waals surface area contributed by atoms with Crippen molar-refractivity contribution in [1.29, 1.82) is 0 Å². The zero-order valence-electron chi connectivity index (χ0n) is 8.95. The Morgan fingerprint density at radius 3 is 2.47 bits per heavy atom. The summed E-state index contributed by atoms with van der Waals surface area (Å²) in [4.78, 5) is 12.6. The molecule has 0 radical (unpaired) electrons. The molecule has 0 amide bonds. The highest BCUT2D eigenvalue weighted by molar-refractivity contribution is 8.03. The van der Waals surface area contributed by atoms with Gasteiger partial charge in [-0.25, -0.2) is 0 Å². The minimum atomic E-state index is 0.116. The predicted molar refractivity (Wildman–Crippen MR) is 64.6 cm³/mol. The lowest BCUT2D eigenvalue weighted by Gasteiger charge is -2.02. The third kappa shape index (κ3) is 3.80. The van der Waals surface area contributed by atoms with Crippen LogP contribution in [0.4, 0.5) is 0 Å². The molecule has 0 aromatic heterocycles. The molecule has 0 aliphatic rings. The summed E-state index contributed by atoms with van der Waals surface area (Å²) in [6.45, 7) is 5.63. The number of benzene rings is 1. The van der Waals surface area contributed by atoms with Crippen LogP contribution in [0.2, 0.25) is 0 Å². The Morgan fingerprint density at radius 1 is 1.40 bits per heavy atom. The quantitative estimate of drug-likeness (QED) is 0.716. The van der Waals surface area contributed by atoms with E-state index in [0.29, 0.717) is 11.3 Å². The van der Waals surface area contributed by atoms with Gasteiger partial charge in [-0.1, -0.05) is 6.58 Å². The Morgan fingerprint density at radius 2 is 2.00 bits per heavy atom. The molecular formula is C12H14O2S. The largest absolute Gasteiger partial charge is 0.497 e. The molecule has 0 N–H and O–H groups in total. The summed E-state index contributed by atoms with van der Waals surface area (Å²) in [5.41, 5.74) is 0.713. The van der Waals surface area contributed by atoms with Crippen molar-refractivity contribution in [2.75, 3.05) is 12.9 Å². The first-order valence-electron chi connectivity index (χ1n) is 4.59. The maximum Gasteiger partial charge on any atom is 0.173 e. The Balaban J connectivity index is 2.62. The Bertz CT molecular complexity index is 354. The molecule has 2 nitrogen and oxygen atoms in total. The molecule has 0 aliphatic carbocycles. The van der Waals surface area contributed by atoms with Crippen molar-refractivity contribution in [3.05, 3.63) is 41.3 Å².